The fraction of sp³-hybridized carbons (Fsp3) is 0.0882. The second-order valence-corrected chi connectivity index (χ2v) is 20.3. The van der Waals surface area contributed by atoms with Crippen LogP contribution in [-0.4, -0.2) is 4.57 Å². The monoisotopic (exact) mass is 914 g/mol. The van der Waals surface area contributed by atoms with E-state index in [2.05, 4.69) is 249 Å². The van der Waals surface area contributed by atoms with Gasteiger partial charge in [0.25, 0.3) is 0 Å². The van der Waals surface area contributed by atoms with Crippen LogP contribution in [0.25, 0.3) is 83.5 Å². The van der Waals surface area contributed by atoms with Gasteiger partial charge >= 0.3 is 0 Å². The Balaban J connectivity index is 0.916. The molecule has 0 radical (unpaired) electrons. The molecule has 0 unspecified atom stereocenters. The Hall–Kier alpha value is -8.53. The average molecular weight is 915 g/mol. The van der Waals surface area contributed by atoms with E-state index in [0.717, 1.165) is 28.3 Å². The van der Waals surface area contributed by atoms with Crippen molar-refractivity contribution in [1.29, 1.82) is 0 Å². The zero-order chi connectivity index (χ0) is 48.0. The SMILES string of the molecule is CC1(C)c2ccccc2-c2ccc(N(c3ccc(F)cc3)c3ccc(-c4ccc5c(c4)C(C)(C)c4cc6c(cc4-5)c(-c4ccccc4)c(-c4ccccc4)n6-c4ccc(-c5ccccc5)cc4)cc3)cc21. The van der Waals surface area contributed by atoms with Gasteiger partial charge in [0.2, 0.25) is 0 Å². The van der Waals surface area contributed by atoms with Crippen molar-refractivity contribution in [2.24, 2.45) is 0 Å². The van der Waals surface area contributed by atoms with Crippen LogP contribution >= 0.6 is 0 Å². The van der Waals surface area contributed by atoms with Crippen molar-refractivity contribution in [2.75, 3.05) is 4.90 Å². The summed E-state index contributed by atoms with van der Waals surface area (Å²) in [6.45, 7) is 9.38. The summed E-state index contributed by atoms with van der Waals surface area (Å²) >= 11 is 0. The summed E-state index contributed by atoms with van der Waals surface area (Å²) in [5, 5.41) is 1.23. The lowest BCUT2D eigenvalue weighted by atomic mass is 9.81. The van der Waals surface area contributed by atoms with Gasteiger partial charge in [0.05, 0.1) is 11.2 Å². The summed E-state index contributed by atoms with van der Waals surface area (Å²) in [7, 11) is 0. The van der Waals surface area contributed by atoms with Crippen LogP contribution in [0.15, 0.2) is 237 Å². The highest BCUT2D eigenvalue weighted by Crippen LogP contribution is 2.54. The summed E-state index contributed by atoms with van der Waals surface area (Å²) in [5.74, 6) is -0.253. The molecule has 0 spiro atoms. The minimum absolute atomic E-state index is 0.151. The molecule has 0 N–H and O–H groups in total. The third kappa shape index (κ3) is 6.83. The van der Waals surface area contributed by atoms with Crippen LogP contribution < -0.4 is 4.90 Å². The van der Waals surface area contributed by atoms with E-state index in [1.165, 1.54) is 94.5 Å². The predicted molar refractivity (Wildman–Crippen MR) is 295 cm³/mol. The van der Waals surface area contributed by atoms with Gasteiger partial charge in [0.15, 0.2) is 0 Å². The third-order valence-corrected chi connectivity index (χ3v) is 15.5. The van der Waals surface area contributed by atoms with Crippen LogP contribution in [0.4, 0.5) is 21.5 Å². The van der Waals surface area contributed by atoms with Crippen LogP contribution in [-0.2, 0) is 10.8 Å². The van der Waals surface area contributed by atoms with Crippen molar-refractivity contribution >= 4 is 28.0 Å². The molecule has 0 amide bonds. The van der Waals surface area contributed by atoms with Crippen LogP contribution in [0.3, 0.4) is 0 Å². The number of nitrogens with zero attached hydrogens (tertiary/aromatic N) is 2. The highest BCUT2D eigenvalue weighted by Gasteiger charge is 2.38. The smallest absolute Gasteiger partial charge is 0.123 e. The Morgan fingerprint density at radius 2 is 0.817 bits per heavy atom. The van der Waals surface area contributed by atoms with Gasteiger partial charge in [0.1, 0.15) is 5.82 Å². The first-order valence-corrected chi connectivity index (χ1v) is 24.7. The van der Waals surface area contributed by atoms with Gasteiger partial charge in [-0.3, -0.25) is 0 Å². The van der Waals surface area contributed by atoms with Crippen molar-refractivity contribution in [3.8, 4) is 72.6 Å². The Kier molecular flexibility index (Phi) is 9.76. The number of fused-ring (bicyclic) bond motifs is 7. The molecule has 1 aromatic heterocycles. The van der Waals surface area contributed by atoms with E-state index in [4.69, 9.17) is 0 Å². The Bertz CT molecular complexity index is 3830. The number of hydrogen-bond acceptors (Lipinski definition) is 1. The number of rotatable bonds is 8. The zero-order valence-electron chi connectivity index (χ0n) is 40.3. The predicted octanol–water partition coefficient (Wildman–Crippen LogP) is 18.5. The van der Waals surface area contributed by atoms with E-state index in [9.17, 15) is 4.39 Å². The lowest BCUT2D eigenvalue weighted by Gasteiger charge is -2.28. The van der Waals surface area contributed by atoms with E-state index < -0.39 is 0 Å². The highest BCUT2D eigenvalue weighted by molar-refractivity contribution is 6.08. The molecule has 3 heteroatoms. The molecule has 2 aliphatic rings. The normalized spacial score (nSPS) is 13.6. The molecule has 0 saturated heterocycles. The minimum Gasteiger partial charge on any atom is -0.310 e. The molecule has 0 atom stereocenters. The molecule has 2 nitrogen and oxygen atoms in total. The Labute approximate surface area is 415 Å². The van der Waals surface area contributed by atoms with Crippen molar-refractivity contribution in [2.45, 2.75) is 38.5 Å². The molecule has 11 aromatic rings. The van der Waals surface area contributed by atoms with Gasteiger partial charge in [-0.15, -0.1) is 0 Å². The summed E-state index contributed by atoms with van der Waals surface area (Å²) in [6.07, 6.45) is 0. The first-order valence-electron chi connectivity index (χ1n) is 24.7. The van der Waals surface area contributed by atoms with Gasteiger partial charge in [0, 0.05) is 44.5 Å². The molecular weight excluding hydrogens is 864 g/mol. The number of aromatic nitrogens is 1. The van der Waals surface area contributed by atoms with Crippen LogP contribution in [0.5, 0.6) is 0 Å². The third-order valence-electron chi connectivity index (χ3n) is 15.5. The van der Waals surface area contributed by atoms with Crippen molar-refractivity contribution in [1.82, 2.24) is 4.57 Å². The summed E-state index contributed by atoms with van der Waals surface area (Å²) < 4.78 is 16.9. The Morgan fingerprint density at radius 3 is 1.51 bits per heavy atom. The van der Waals surface area contributed by atoms with E-state index in [-0.39, 0.29) is 16.6 Å². The lowest BCUT2D eigenvalue weighted by molar-refractivity contribution is 0.628. The molecule has 0 aliphatic heterocycles. The second-order valence-electron chi connectivity index (χ2n) is 20.3. The second kappa shape index (κ2) is 16.3. The highest BCUT2D eigenvalue weighted by atomic mass is 19.1. The summed E-state index contributed by atoms with van der Waals surface area (Å²) in [4.78, 5) is 2.24. The minimum atomic E-state index is -0.277. The van der Waals surface area contributed by atoms with E-state index >= 15 is 0 Å². The van der Waals surface area contributed by atoms with E-state index in [1.54, 1.807) is 12.1 Å². The van der Waals surface area contributed by atoms with Crippen LogP contribution in [0.1, 0.15) is 49.9 Å². The number of anilines is 3. The van der Waals surface area contributed by atoms with Gasteiger partial charge in [-0.1, -0.05) is 185 Å². The fourth-order valence-corrected chi connectivity index (χ4v) is 11.8. The quantitative estimate of drug-likeness (QED) is 0.147. The van der Waals surface area contributed by atoms with E-state index in [0.29, 0.717) is 0 Å². The molecule has 340 valence electrons. The van der Waals surface area contributed by atoms with Gasteiger partial charge in [-0.05, 0) is 157 Å². The van der Waals surface area contributed by atoms with Crippen molar-refractivity contribution in [3.05, 3.63) is 265 Å². The van der Waals surface area contributed by atoms with Crippen molar-refractivity contribution < 1.29 is 4.39 Å². The molecule has 0 saturated carbocycles. The largest absolute Gasteiger partial charge is 0.310 e. The maximum Gasteiger partial charge on any atom is 0.123 e. The molecule has 71 heavy (non-hydrogen) atoms. The zero-order valence-corrected chi connectivity index (χ0v) is 40.3. The molecule has 0 bridgehead atoms. The molecule has 2 aliphatic carbocycles. The lowest BCUT2D eigenvalue weighted by Crippen LogP contribution is -2.16. The standard InChI is InChI=1S/C68H51FN2/c1-67(2)60-23-15-14-22-55(60)56-39-37-54(41-62(56)67)70(52-35-29-50(69)30-36-52)51-31-26-46(27-32-51)49-28-38-57-58-42-59-64(43-63(58)68(3,4)61(57)40-49)71(53-33-24-45(25-34-53)44-16-8-5-9-17-44)66(48-20-12-7-13-21-48)65(59)47-18-10-6-11-19-47/h5-43H,1-4H3. The van der Waals surface area contributed by atoms with Crippen LogP contribution in [0, 0.1) is 5.82 Å². The first-order chi connectivity index (χ1) is 34.6. The summed E-state index contributed by atoms with van der Waals surface area (Å²) in [5.41, 5.74) is 24.7. The maximum absolute atomic E-state index is 14.4. The van der Waals surface area contributed by atoms with E-state index in [1.807, 2.05) is 12.1 Å². The van der Waals surface area contributed by atoms with Gasteiger partial charge < -0.3 is 9.47 Å². The molecule has 1 heterocycles. The topological polar surface area (TPSA) is 8.17 Å². The number of halogens is 1. The molecule has 13 rings (SSSR count). The maximum atomic E-state index is 14.4. The number of hydrogen-bond donors (Lipinski definition) is 0. The fourth-order valence-electron chi connectivity index (χ4n) is 11.8. The average Bonchev–Trinajstić information content (AvgIpc) is 3.96. The number of benzene rings is 10. The summed E-state index contributed by atoms with van der Waals surface area (Å²) in [6, 6.07) is 84.6. The van der Waals surface area contributed by atoms with Crippen molar-refractivity contribution in [3.63, 3.8) is 0 Å². The first kappa shape index (κ1) is 42.6. The van der Waals surface area contributed by atoms with Gasteiger partial charge in [-0.2, -0.15) is 0 Å². The van der Waals surface area contributed by atoms with Gasteiger partial charge in [-0.25, -0.2) is 4.39 Å². The molecule has 0 fully saturated rings. The molecule has 10 aromatic carbocycles. The van der Waals surface area contributed by atoms with Crippen LogP contribution in [0.2, 0.25) is 0 Å². The molecular formula is C68H51FN2. The Morgan fingerprint density at radius 1 is 0.352 bits per heavy atom.